The van der Waals surface area contributed by atoms with E-state index in [0.717, 1.165) is 30.3 Å². The van der Waals surface area contributed by atoms with E-state index in [0.29, 0.717) is 0 Å². The van der Waals surface area contributed by atoms with Gasteiger partial charge in [-0.2, -0.15) is 0 Å². The highest BCUT2D eigenvalue weighted by molar-refractivity contribution is 7.16. The Hall–Kier alpha value is -0.310. The van der Waals surface area contributed by atoms with Crippen LogP contribution in [0.2, 0.25) is 4.34 Å². The number of thiophene rings is 1. The van der Waals surface area contributed by atoms with Crippen LogP contribution in [0.25, 0.3) is 0 Å². The van der Waals surface area contributed by atoms with E-state index in [1.165, 1.54) is 11.3 Å². The Labute approximate surface area is 101 Å². The predicted octanol–water partition coefficient (Wildman–Crippen LogP) is 3.89. The number of halogens is 1. The molecule has 0 atom stereocenters. The molecule has 0 saturated carbocycles. The van der Waals surface area contributed by atoms with Crippen LogP contribution in [-0.2, 0) is 6.42 Å². The first-order valence-electron chi connectivity index (χ1n) is 5.43. The van der Waals surface area contributed by atoms with Crippen LogP contribution in [0.1, 0.15) is 24.6 Å². The molecule has 15 heavy (non-hydrogen) atoms. The van der Waals surface area contributed by atoms with Gasteiger partial charge in [-0.25, -0.2) is 0 Å². The van der Waals surface area contributed by atoms with Crippen LogP contribution in [0.4, 0.5) is 0 Å². The van der Waals surface area contributed by atoms with Crippen molar-refractivity contribution in [1.82, 2.24) is 5.32 Å². The van der Waals surface area contributed by atoms with Gasteiger partial charge in [0.2, 0.25) is 0 Å². The van der Waals surface area contributed by atoms with Crippen LogP contribution in [0.3, 0.4) is 0 Å². The summed E-state index contributed by atoms with van der Waals surface area (Å²) in [5.74, 6) is 0. The van der Waals surface area contributed by atoms with Crippen molar-refractivity contribution in [2.24, 2.45) is 0 Å². The van der Waals surface area contributed by atoms with Gasteiger partial charge in [0, 0.05) is 4.88 Å². The maximum absolute atomic E-state index is 5.84. The minimum atomic E-state index is 0.878. The number of hydrogen-bond acceptors (Lipinski definition) is 2. The normalized spacial score (nSPS) is 11.3. The summed E-state index contributed by atoms with van der Waals surface area (Å²) >= 11 is 7.50. The van der Waals surface area contributed by atoms with Gasteiger partial charge in [0.15, 0.2) is 0 Å². The second kappa shape index (κ2) is 7.91. The SMILES string of the molecule is CCCNCCC=CCc1ccc(Cl)s1. The maximum atomic E-state index is 5.84. The van der Waals surface area contributed by atoms with Gasteiger partial charge >= 0.3 is 0 Å². The molecule has 0 bridgehead atoms. The van der Waals surface area contributed by atoms with Gasteiger partial charge in [0.05, 0.1) is 4.34 Å². The summed E-state index contributed by atoms with van der Waals surface area (Å²) in [5.41, 5.74) is 0. The summed E-state index contributed by atoms with van der Waals surface area (Å²) in [7, 11) is 0. The third kappa shape index (κ3) is 5.98. The minimum absolute atomic E-state index is 0.878. The van der Waals surface area contributed by atoms with Crippen molar-refractivity contribution in [3.05, 3.63) is 33.5 Å². The van der Waals surface area contributed by atoms with E-state index in [4.69, 9.17) is 11.6 Å². The van der Waals surface area contributed by atoms with Crippen molar-refractivity contribution in [3.63, 3.8) is 0 Å². The lowest BCUT2D eigenvalue weighted by Gasteiger charge is -1.97. The molecule has 0 aliphatic rings. The van der Waals surface area contributed by atoms with Gasteiger partial charge in [-0.05, 0) is 44.5 Å². The lowest BCUT2D eigenvalue weighted by molar-refractivity contribution is 0.678. The molecule has 84 valence electrons. The first-order valence-corrected chi connectivity index (χ1v) is 6.62. The monoisotopic (exact) mass is 243 g/mol. The number of nitrogens with one attached hydrogen (secondary N) is 1. The summed E-state index contributed by atoms with van der Waals surface area (Å²) in [6, 6.07) is 4.05. The molecule has 0 amide bonds. The molecule has 1 heterocycles. The standard InChI is InChI=1S/C12H18ClNS/c1-2-9-14-10-5-3-4-6-11-7-8-12(13)15-11/h3-4,7-8,14H,2,5-6,9-10H2,1H3. The topological polar surface area (TPSA) is 12.0 Å². The zero-order valence-corrected chi connectivity index (χ0v) is 10.7. The van der Waals surface area contributed by atoms with Crippen LogP contribution in [-0.4, -0.2) is 13.1 Å². The van der Waals surface area contributed by atoms with Gasteiger partial charge in [-0.15, -0.1) is 11.3 Å². The second-order valence-electron chi connectivity index (χ2n) is 3.42. The Morgan fingerprint density at radius 3 is 2.87 bits per heavy atom. The van der Waals surface area contributed by atoms with E-state index in [2.05, 4.69) is 30.5 Å². The van der Waals surface area contributed by atoms with Crippen molar-refractivity contribution in [3.8, 4) is 0 Å². The Morgan fingerprint density at radius 1 is 1.33 bits per heavy atom. The molecular formula is C12H18ClNS. The van der Waals surface area contributed by atoms with Crippen LogP contribution >= 0.6 is 22.9 Å². The molecule has 0 unspecified atom stereocenters. The third-order valence-electron chi connectivity index (χ3n) is 2.03. The fourth-order valence-corrected chi connectivity index (χ4v) is 2.33. The molecule has 1 rings (SSSR count). The molecule has 0 aliphatic carbocycles. The molecule has 0 spiro atoms. The quantitative estimate of drug-likeness (QED) is 0.566. The van der Waals surface area contributed by atoms with E-state index >= 15 is 0 Å². The lowest BCUT2D eigenvalue weighted by Crippen LogP contribution is -2.14. The van der Waals surface area contributed by atoms with Crippen LogP contribution in [0.5, 0.6) is 0 Å². The highest BCUT2D eigenvalue weighted by atomic mass is 35.5. The molecular weight excluding hydrogens is 226 g/mol. The highest BCUT2D eigenvalue weighted by Crippen LogP contribution is 2.21. The molecule has 1 N–H and O–H groups in total. The van der Waals surface area contributed by atoms with Crippen molar-refractivity contribution in [1.29, 1.82) is 0 Å². The van der Waals surface area contributed by atoms with Crippen molar-refractivity contribution < 1.29 is 0 Å². The third-order valence-corrected chi connectivity index (χ3v) is 3.28. The lowest BCUT2D eigenvalue weighted by atomic mass is 10.3. The van der Waals surface area contributed by atoms with E-state index in [1.54, 1.807) is 11.3 Å². The van der Waals surface area contributed by atoms with E-state index in [1.807, 2.05) is 6.07 Å². The number of allylic oxidation sites excluding steroid dienone is 1. The van der Waals surface area contributed by atoms with E-state index in [-0.39, 0.29) is 0 Å². The molecule has 0 saturated heterocycles. The Balaban J connectivity index is 2.06. The fraction of sp³-hybridized carbons (Fsp3) is 0.500. The summed E-state index contributed by atoms with van der Waals surface area (Å²) in [5, 5.41) is 3.37. The summed E-state index contributed by atoms with van der Waals surface area (Å²) in [4.78, 5) is 1.33. The van der Waals surface area contributed by atoms with Crippen molar-refractivity contribution >= 4 is 22.9 Å². The van der Waals surface area contributed by atoms with Crippen LogP contribution in [0, 0.1) is 0 Å². The van der Waals surface area contributed by atoms with E-state index < -0.39 is 0 Å². The summed E-state index contributed by atoms with van der Waals surface area (Å²) < 4.78 is 0.878. The number of hydrogen-bond donors (Lipinski definition) is 1. The average molecular weight is 244 g/mol. The van der Waals surface area contributed by atoms with E-state index in [9.17, 15) is 0 Å². The van der Waals surface area contributed by atoms with Gasteiger partial charge in [-0.3, -0.25) is 0 Å². The highest BCUT2D eigenvalue weighted by Gasteiger charge is 1.93. The molecule has 0 radical (unpaired) electrons. The van der Waals surface area contributed by atoms with Crippen molar-refractivity contribution in [2.75, 3.05) is 13.1 Å². The molecule has 0 fully saturated rings. The zero-order chi connectivity index (χ0) is 10.9. The molecule has 3 heteroatoms. The Kier molecular flexibility index (Phi) is 6.73. The van der Waals surface area contributed by atoms with Gasteiger partial charge in [0.25, 0.3) is 0 Å². The Morgan fingerprint density at radius 2 is 2.20 bits per heavy atom. The first-order chi connectivity index (χ1) is 7.33. The predicted molar refractivity (Wildman–Crippen MR) is 70.0 cm³/mol. The Bertz CT molecular complexity index is 294. The van der Waals surface area contributed by atoms with Gasteiger partial charge < -0.3 is 5.32 Å². The molecule has 1 aromatic rings. The second-order valence-corrected chi connectivity index (χ2v) is 5.22. The molecule has 0 aliphatic heterocycles. The molecule has 1 aromatic heterocycles. The van der Waals surface area contributed by atoms with Gasteiger partial charge in [0.1, 0.15) is 0 Å². The largest absolute Gasteiger partial charge is 0.316 e. The zero-order valence-electron chi connectivity index (χ0n) is 9.13. The summed E-state index contributed by atoms with van der Waals surface area (Å²) in [6.45, 7) is 4.38. The maximum Gasteiger partial charge on any atom is 0.0931 e. The van der Waals surface area contributed by atoms with Gasteiger partial charge in [-0.1, -0.05) is 30.7 Å². The smallest absolute Gasteiger partial charge is 0.0931 e. The summed E-state index contributed by atoms with van der Waals surface area (Å²) in [6.07, 6.45) is 7.77. The van der Waals surface area contributed by atoms with Crippen LogP contribution < -0.4 is 5.32 Å². The minimum Gasteiger partial charge on any atom is -0.316 e. The van der Waals surface area contributed by atoms with Crippen molar-refractivity contribution in [2.45, 2.75) is 26.2 Å². The number of rotatable bonds is 7. The molecule has 0 aromatic carbocycles. The molecule has 1 nitrogen and oxygen atoms in total. The van der Waals surface area contributed by atoms with Crippen LogP contribution in [0.15, 0.2) is 24.3 Å². The first kappa shape index (κ1) is 12.8. The average Bonchev–Trinajstić information content (AvgIpc) is 2.63. The fourth-order valence-electron chi connectivity index (χ4n) is 1.27.